The summed E-state index contributed by atoms with van der Waals surface area (Å²) < 4.78 is 11.1. The lowest BCUT2D eigenvalue weighted by molar-refractivity contribution is 0.0733. The molecule has 1 heterocycles. The van der Waals surface area contributed by atoms with Gasteiger partial charge in [0.15, 0.2) is 5.58 Å². The van der Waals surface area contributed by atoms with Gasteiger partial charge in [-0.25, -0.2) is 9.78 Å². The summed E-state index contributed by atoms with van der Waals surface area (Å²) >= 11 is 0. The number of benzene rings is 3. The lowest BCUT2D eigenvalue weighted by Crippen LogP contribution is -2.38. The zero-order valence-electron chi connectivity index (χ0n) is 19.5. The van der Waals surface area contributed by atoms with Crippen LogP contribution in [0.4, 0.5) is 4.79 Å². The largest absolute Gasteiger partial charge is 0.445 e. The topological polar surface area (TPSA) is 84.7 Å². The molecule has 3 aromatic carbocycles. The number of hydrogen-bond acceptors (Lipinski definition) is 5. The number of carbonyl (C=O) groups excluding carboxylic acids is 2. The molecule has 1 aromatic heterocycles. The second kappa shape index (κ2) is 10.0. The number of amides is 2. The van der Waals surface area contributed by atoms with Crippen LogP contribution in [0, 0.1) is 0 Å². The summed E-state index contributed by atoms with van der Waals surface area (Å²) in [5.74, 6) is 0.480. The highest BCUT2D eigenvalue weighted by Gasteiger charge is 2.31. The standard InChI is InChI=1S/C28H27N3O4/c1-31(23-16-15-22(17-23)29-28(33)34-18-19-7-3-2-4-8-19)27(32)21-13-11-20(12-14-21)26-30-24-9-5-6-10-25(24)35-26/h2-14,22-23H,15-18H2,1H3,(H,29,33)/t22-,23+/m0/s1. The summed E-state index contributed by atoms with van der Waals surface area (Å²) in [6, 6.07) is 24.5. The predicted molar refractivity (Wildman–Crippen MR) is 133 cm³/mol. The molecule has 0 radical (unpaired) electrons. The number of fused-ring (bicyclic) bond motifs is 1. The maximum absolute atomic E-state index is 13.1. The summed E-state index contributed by atoms with van der Waals surface area (Å²) in [6.45, 7) is 0.237. The van der Waals surface area contributed by atoms with E-state index in [9.17, 15) is 9.59 Å². The first-order chi connectivity index (χ1) is 17.1. The molecular formula is C28H27N3O4. The lowest BCUT2D eigenvalue weighted by Gasteiger charge is -2.25. The minimum absolute atomic E-state index is 0.0138. The molecule has 5 rings (SSSR count). The average Bonchev–Trinajstić information content (AvgIpc) is 3.54. The van der Waals surface area contributed by atoms with Crippen molar-refractivity contribution in [3.05, 3.63) is 90.0 Å². The van der Waals surface area contributed by atoms with Gasteiger partial charge in [0.25, 0.3) is 5.91 Å². The highest BCUT2D eigenvalue weighted by atomic mass is 16.5. The van der Waals surface area contributed by atoms with Crippen LogP contribution in [0.15, 0.2) is 83.3 Å². The molecule has 35 heavy (non-hydrogen) atoms. The monoisotopic (exact) mass is 469 g/mol. The fraction of sp³-hybridized carbons (Fsp3) is 0.250. The molecule has 0 aliphatic heterocycles. The van der Waals surface area contributed by atoms with Gasteiger partial charge >= 0.3 is 6.09 Å². The molecule has 7 heteroatoms. The first-order valence-electron chi connectivity index (χ1n) is 11.8. The first-order valence-corrected chi connectivity index (χ1v) is 11.8. The molecule has 1 aliphatic carbocycles. The van der Waals surface area contributed by atoms with Crippen LogP contribution < -0.4 is 5.32 Å². The Balaban J connectivity index is 1.15. The molecule has 0 saturated heterocycles. The van der Waals surface area contributed by atoms with Gasteiger partial charge in [-0.1, -0.05) is 42.5 Å². The van der Waals surface area contributed by atoms with E-state index in [1.807, 2.05) is 73.8 Å². The molecule has 178 valence electrons. The van der Waals surface area contributed by atoms with E-state index in [0.29, 0.717) is 17.9 Å². The number of aromatic nitrogens is 1. The highest BCUT2D eigenvalue weighted by Crippen LogP contribution is 2.27. The van der Waals surface area contributed by atoms with Crippen LogP contribution >= 0.6 is 0 Å². The smallest absolute Gasteiger partial charge is 0.407 e. The number of ether oxygens (including phenoxy) is 1. The van der Waals surface area contributed by atoms with E-state index < -0.39 is 6.09 Å². The molecular weight excluding hydrogens is 442 g/mol. The van der Waals surface area contributed by atoms with Gasteiger partial charge in [-0.05, 0) is 61.2 Å². The van der Waals surface area contributed by atoms with Gasteiger partial charge in [-0.3, -0.25) is 4.79 Å². The summed E-state index contributed by atoms with van der Waals surface area (Å²) in [5, 5.41) is 2.93. The third-order valence-corrected chi connectivity index (χ3v) is 6.48. The van der Waals surface area contributed by atoms with Gasteiger partial charge in [0, 0.05) is 30.3 Å². The van der Waals surface area contributed by atoms with E-state index in [2.05, 4.69) is 10.3 Å². The highest BCUT2D eigenvalue weighted by molar-refractivity contribution is 5.94. The SMILES string of the molecule is CN(C(=O)c1ccc(-c2nc3ccccc3o2)cc1)[C@@H]1CC[C@H](NC(=O)OCc2ccccc2)C1. The maximum atomic E-state index is 13.1. The Morgan fingerprint density at radius 1 is 1.00 bits per heavy atom. The van der Waals surface area contributed by atoms with Crippen LogP contribution in [0.5, 0.6) is 0 Å². The molecule has 0 unspecified atom stereocenters. The van der Waals surface area contributed by atoms with E-state index in [4.69, 9.17) is 9.15 Å². The van der Waals surface area contributed by atoms with Crippen LogP contribution in [0.25, 0.3) is 22.6 Å². The summed E-state index contributed by atoms with van der Waals surface area (Å²) in [5.41, 5.74) is 3.90. The van der Waals surface area contributed by atoms with Crippen LogP contribution in [0.2, 0.25) is 0 Å². The van der Waals surface area contributed by atoms with Crippen LogP contribution in [-0.4, -0.2) is 41.0 Å². The molecule has 1 saturated carbocycles. The molecule has 4 aromatic rings. The molecule has 1 N–H and O–H groups in total. The predicted octanol–water partition coefficient (Wildman–Crippen LogP) is 5.41. The Morgan fingerprint density at radius 3 is 2.51 bits per heavy atom. The van der Waals surface area contributed by atoms with Crippen molar-refractivity contribution in [2.75, 3.05) is 7.05 Å². The van der Waals surface area contributed by atoms with Crippen molar-refractivity contribution in [2.45, 2.75) is 38.0 Å². The third kappa shape index (κ3) is 5.19. The molecule has 1 fully saturated rings. The molecule has 2 atom stereocenters. The van der Waals surface area contributed by atoms with Gasteiger partial charge < -0.3 is 19.4 Å². The number of para-hydroxylation sites is 2. The third-order valence-electron chi connectivity index (χ3n) is 6.48. The molecule has 2 amide bonds. The molecule has 0 bridgehead atoms. The average molecular weight is 470 g/mol. The number of alkyl carbamates (subject to hydrolysis) is 1. The van der Waals surface area contributed by atoms with Crippen molar-refractivity contribution in [3.63, 3.8) is 0 Å². The quantitative estimate of drug-likeness (QED) is 0.408. The van der Waals surface area contributed by atoms with Crippen molar-refractivity contribution in [1.29, 1.82) is 0 Å². The van der Waals surface area contributed by atoms with Gasteiger partial charge in [0.05, 0.1) is 0 Å². The van der Waals surface area contributed by atoms with E-state index in [1.165, 1.54) is 0 Å². The maximum Gasteiger partial charge on any atom is 0.407 e. The molecule has 1 aliphatic rings. The number of carbonyl (C=O) groups is 2. The number of nitrogens with one attached hydrogen (secondary N) is 1. The first kappa shape index (κ1) is 22.7. The Labute approximate surface area is 203 Å². The summed E-state index contributed by atoms with van der Waals surface area (Å²) in [7, 11) is 1.82. The normalized spacial score (nSPS) is 17.3. The lowest BCUT2D eigenvalue weighted by atomic mass is 10.1. The van der Waals surface area contributed by atoms with Gasteiger partial charge in [0.2, 0.25) is 5.89 Å². The second-order valence-electron chi connectivity index (χ2n) is 8.85. The van der Waals surface area contributed by atoms with Crippen molar-refractivity contribution in [1.82, 2.24) is 15.2 Å². The van der Waals surface area contributed by atoms with Crippen molar-refractivity contribution < 1.29 is 18.7 Å². The van der Waals surface area contributed by atoms with Crippen molar-refractivity contribution in [3.8, 4) is 11.5 Å². The van der Waals surface area contributed by atoms with Crippen molar-refractivity contribution in [2.24, 2.45) is 0 Å². The van der Waals surface area contributed by atoms with E-state index in [0.717, 1.165) is 35.1 Å². The zero-order valence-corrected chi connectivity index (χ0v) is 19.5. The fourth-order valence-corrected chi connectivity index (χ4v) is 4.49. The zero-order chi connectivity index (χ0) is 24.2. The van der Waals surface area contributed by atoms with Crippen LogP contribution in [0.1, 0.15) is 35.2 Å². The number of nitrogens with zero attached hydrogens (tertiary/aromatic N) is 2. The van der Waals surface area contributed by atoms with Crippen LogP contribution in [0.3, 0.4) is 0 Å². The Hall–Kier alpha value is -4.13. The Bertz CT molecular complexity index is 1280. The second-order valence-corrected chi connectivity index (χ2v) is 8.85. The van der Waals surface area contributed by atoms with E-state index in [-0.39, 0.29) is 24.6 Å². The number of oxazole rings is 1. The van der Waals surface area contributed by atoms with Crippen LogP contribution in [-0.2, 0) is 11.3 Å². The minimum atomic E-state index is -0.428. The summed E-state index contributed by atoms with van der Waals surface area (Å²) in [4.78, 5) is 31.5. The van der Waals surface area contributed by atoms with E-state index >= 15 is 0 Å². The van der Waals surface area contributed by atoms with E-state index in [1.54, 1.807) is 17.0 Å². The summed E-state index contributed by atoms with van der Waals surface area (Å²) in [6.07, 6.45) is 1.90. The fourth-order valence-electron chi connectivity index (χ4n) is 4.49. The number of hydrogen-bond donors (Lipinski definition) is 1. The molecule has 7 nitrogen and oxygen atoms in total. The Morgan fingerprint density at radius 2 is 1.74 bits per heavy atom. The van der Waals surface area contributed by atoms with Gasteiger partial charge in [0.1, 0.15) is 12.1 Å². The van der Waals surface area contributed by atoms with Crippen molar-refractivity contribution >= 4 is 23.1 Å². The van der Waals surface area contributed by atoms with Gasteiger partial charge in [-0.2, -0.15) is 0 Å². The Kier molecular flexibility index (Phi) is 6.48. The molecule has 0 spiro atoms. The van der Waals surface area contributed by atoms with Gasteiger partial charge in [-0.15, -0.1) is 0 Å². The number of rotatable bonds is 6. The minimum Gasteiger partial charge on any atom is -0.445 e.